The quantitative estimate of drug-likeness (QED) is 0.904. The lowest BCUT2D eigenvalue weighted by atomic mass is 10.2. The van der Waals surface area contributed by atoms with E-state index in [0.717, 1.165) is 24.5 Å². The van der Waals surface area contributed by atoms with Crippen molar-refractivity contribution in [2.75, 3.05) is 23.0 Å². The van der Waals surface area contributed by atoms with Gasteiger partial charge in [0.15, 0.2) is 9.84 Å². The highest BCUT2D eigenvalue weighted by Crippen LogP contribution is 2.32. The summed E-state index contributed by atoms with van der Waals surface area (Å²) in [6.45, 7) is 0.873. The molecule has 0 aliphatic carbocycles. The molecule has 25 heavy (non-hydrogen) atoms. The lowest BCUT2D eigenvalue weighted by Crippen LogP contribution is -2.35. The molecule has 0 spiro atoms. The first-order chi connectivity index (χ1) is 12.0. The van der Waals surface area contributed by atoms with E-state index in [1.165, 1.54) is 5.56 Å². The highest BCUT2D eigenvalue weighted by atomic mass is 32.2. The van der Waals surface area contributed by atoms with Gasteiger partial charge in [-0.15, -0.1) is 0 Å². The Kier molecular flexibility index (Phi) is 3.95. The van der Waals surface area contributed by atoms with E-state index >= 15 is 0 Å². The molecule has 4 rings (SSSR count). The van der Waals surface area contributed by atoms with Crippen LogP contribution in [-0.2, 0) is 16.3 Å². The molecule has 130 valence electrons. The first-order valence-corrected chi connectivity index (χ1v) is 10.2. The summed E-state index contributed by atoms with van der Waals surface area (Å²) in [6.07, 6.45) is 3.01. The maximum atomic E-state index is 12.3. The van der Waals surface area contributed by atoms with Crippen LogP contribution in [0.25, 0.3) is 0 Å². The molecular weight excluding hydrogens is 338 g/mol. The predicted molar refractivity (Wildman–Crippen MR) is 95.9 cm³/mol. The zero-order valence-corrected chi connectivity index (χ0v) is 14.5. The SMILES string of the molecule is O=C(NC1CCS(=O)(=O)C1)c1ccc(N2CCc3ccccc32)nc1. The van der Waals surface area contributed by atoms with Crippen molar-refractivity contribution in [3.63, 3.8) is 0 Å². The van der Waals surface area contributed by atoms with Crippen LogP contribution in [0.3, 0.4) is 0 Å². The fourth-order valence-corrected chi connectivity index (χ4v) is 5.11. The largest absolute Gasteiger partial charge is 0.348 e. The minimum Gasteiger partial charge on any atom is -0.348 e. The molecule has 7 heteroatoms. The number of hydrogen-bond donors (Lipinski definition) is 1. The second kappa shape index (κ2) is 6.15. The lowest BCUT2D eigenvalue weighted by molar-refractivity contribution is 0.0941. The van der Waals surface area contributed by atoms with Gasteiger partial charge in [0.2, 0.25) is 0 Å². The van der Waals surface area contributed by atoms with Crippen LogP contribution in [-0.4, -0.2) is 43.4 Å². The van der Waals surface area contributed by atoms with Crippen LogP contribution in [0.5, 0.6) is 0 Å². The third kappa shape index (κ3) is 3.24. The Morgan fingerprint density at radius 2 is 2.04 bits per heavy atom. The molecular formula is C18H19N3O3S. The first kappa shape index (κ1) is 16.1. The van der Waals surface area contributed by atoms with Crippen LogP contribution in [0.1, 0.15) is 22.3 Å². The van der Waals surface area contributed by atoms with Crippen LogP contribution in [0.2, 0.25) is 0 Å². The van der Waals surface area contributed by atoms with Gasteiger partial charge in [0.25, 0.3) is 5.91 Å². The Labute approximate surface area is 146 Å². The number of nitrogens with one attached hydrogen (secondary N) is 1. The van der Waals surface area contributed by atoms with Gasteiger partial charge in [0, 0.05) is 24.5 Å². The summed E-state index contributed by atoms with van der Waals surface area (Å²) in [5.74, 6) is 0.700. The number of hydrogen-bond acceptors (Lipinski definition) is 5. The third-order valence-corrected chi connectivity index (χ3v) is 6.51. The summed E-state index contributed by atoms with van der Waals surface area (Å²) in [5.41, 5.74) is 2.90. The van der Waals surface area contributed by atoms with Gasteiger partial charge in [-0.1, -0.05) is 18.2 Å². The second-order valence-electron chi connectivity index (χ2n) is 6.51. The fraction of sp³-hybridized carbons (Fsp3) is 0.333. The van der Waals surface area contributed by atoms with E-state index in [9.17, 15) is 13.2 Å². The van der Waals surface area contributed by atoms with Gasteiger partial charge in [-0.3, -0.25) is 4.79 Å². The smallest absolute Gasteiger partial charge is 0.253 e. The summed E-state index contributed by atoms with van der Waals surface area (Å²) in [7, 11) is -3.01. The van der Waals surface area contributed by atoms with E-state index in [-0.39, 0.29) is 23.5 Å². The molecule has 1 aromatic carbocycles. The minimum absolute atomic E-state index is 0.0226. The molecule has 0 bridgehead atoms. The van der Waals surface area contributed by atoms with E-state index in [4.69, 9.17) is 0 Å². The molecule has 2 aliphatic rings. The van der Waals surface area contributed by atoms with Crippen molar-refractivity contribution in [3.05, 3.63) is 53.7 Å². The Balaban J connectivity index is 1.47. The maximum Gasteiger partial charge on any atom is 0.253 e. The van der Waals surface area contributed by atoms with E-state index in [2.05, 4.69) is 27.3 Å². The average Bonchev–Trinajstić information content (AvgIpc) is 3.18. The number of aromatic nitrogens is 1. The molecule has 6 nitrogen and oxygen atoms in total. The fourth-order valence-electron chi connectivity index (χ4n) is 3.43. The van der Waals surface area contributed by atoms with Crippen molar-refractivity contribution in [1.82, 2.24) is 10.3 Å². The Morgan fingerprint density at radius 1 is 1.20 bits per heavy atom. The summed E-state index contributed by atoms with van der Waals surface area (Å²) in [5, 5.41) is 2.78. The van der Waals surface area contributed by atoms with Gasteiger partial charge in [-0.05, 0) is 36.6 Å². The molecule has 1 N–H and O–H groups in total. The van der Waals surface area contributed by atoms with Gasteiger partial charge in [-0.2, -0.15) is 0 Å². The van der Waals surface area contributed by atoms with E-state index in [1.807, 2.05) is 18.2 Å². The van der Waals surface area contributed by atoms with Gasteiger partial charge in [0.05, 0.1) is 17.1 Å². The van der Waals surface area contributed by atoms with E-state index in [1.54, 1.807) is 12.3 Å². The summed E-state index contributed by atoms with van der Waals surface area (Å²) in [6, 6.07) is 11.5. The number of amides is 1. The topological polar surface area (TPSA) is 79.4 Å². The number of sulfone groups is 1. The Morgan fingerprint density at radius 3 is 2.76 bits per heavy atom. The summed E-state index contributed by atoms with van der Waals surface area (Å²) < 4.78 is 23.0. The number of para-hydroxylation sites is 1. The van der Waals surface area contributed by atoms with Crippen LogP contribution < -0.4 is 10.2 Å². The number of nitrogens with zero attached hydrogens (tertiary/aromatic N) is 2. The van der Waals surface area contributed by atoms with Crippen LogP contribution >= 0.6 is 0 Å². The zero-order chi connectivity index (χ0) is 17.4. The molecule has 1 aromatic heterocycles. The predicted octanol–water partition coefficient (Wildman–Crippen LogP) is 1.69. The van der Waals surface area contributed by atoms with Crippen LogP contribution in [0.4, 0.5) is 11.5 Å². The molecule has 0 radical (unpaired) electrons. The number of anilines is 2. The van der Waals surface area contributed by atoms with Crippen molar-refractivity contribution in [2.24, 2.45) is 0 Å². The van der Waals surface area contributed by atoms with Crippen LogP contribution in [0.15, 0.2) is 42.6 Å². The number of pyridine rings is 1. The Hall–Kier alpha value is -2.41. The molecule has 1 saturated heterocycles. The van der Waals surface area contributed by atoms with Gasteiger partial charge in [-0.25, -0.2) is 13.4 Å². The standard InChI is InChI=1S/C18H19N3O3S/c22-18(20-15-8-10-25(23,24)12-15)14-5-6-17(19-11-14)21-9-7-13-3-1-2-4-16(13)21/h1-6,11,15H,7-10,12H2,(H,20,22). The van der Waals surface area contributed by atoms with Crippen LogP contribution in [0, 0.1) is 0 Å². The molecule has 1 unspecified atom stereocenters. The molecule has 1 atom stereocenters. The van der Waals surface area contributed by atoms with Crippen molar-refractivity contribution in [2.45, 2.75) is 18.9 Å². The molecule has 0 saturated carbocycles. The van der Waals surface area contributed by atoms with Crippen molar-refractivity contribution < 1.29 is 13.2 Å². The average molecular weight is 357 g/mol. The van der Waals surface area contributed by atoms with Crippen molar-refractivity contribution in [3.8, 4) is 0 Å². The van der Waals surface area contributed by atoms with Crippen molar-refractivity contribution in [1.29, 1.82) is 0 Å². The Bertz CT molecular complexity index is 909. The number of carbonyl (C=O) groups excluding carboxylic acids is 1. The van der Waals surface area contributed by atoms with Crippen molar-refractivity contribution >= 4 is 27.2 Å². The second-order valence-corrected chi connectivity index (χ2v) is 8.74. The summed E-state index contributed by atoms with van der Waals surface area (Å²) >= 11 is 0. The highest BCUT2D eigenvalue weighted by molar-refractivity contribution is 7.91. The van der Waals surface area contributed by atoms with Gasteiger partial charge < -0.3 is 10.2 Å². The summed E-state index contributed by atoms with van der Waals surface area (Å²) in [4.78, 5) is 18.9. The third-order valence-electron chi connectivity index (χ3n) is 4.74. The number of fused-ring (bicyclic) bond motifs is 1. The number of rotatable bonds is 3. The maximum absolute atomic E-state index is 12.3. The highest BCUT2D eigenvalue weighted by Gasteiger charge is 2.29. The molecule has 2 aliphatic heterocycles. The van der Waals surface area contributed by atoms with E-state index in [0.29, 0.717) is 12.0 Å². The molecule has 1 amide bonds. The monoisotopic (exact) mass is 357 g/mol. The first-order valence-electron chi connectivity index (χ1n) is 8.35. The number of carbonyl (C=O) groups is 1. The molecule has 2 aromatic rings. The van der Waals surface area contributed by atoms with E-state index < -0.39 is 9.84 Å². The minimum atomic E-state index is -3.01. The molecule has 3 heterocycles. The zero-order valence-electron chi connectivity index (χ0n) is 13.7. The van der Waals surface area contributed by atoms with Gasteiger partial charge >= 0.3 is 0 Å². The molecule has 1 fully saturated rings. The van der Waals surface area contributed by atoms with Gasteiger partial charge in [0.1, 0.15) is 5.82 Å². The normalized spacial score (nSPS) is 21.1. The number of benzene rings is 1. The lowest BCUT2D eigenvalue weighted by Gasteiger charge is -2.18.